The predicted molar refractivity (Wildman–Crippen MR) is 211 cm³/mol. The fourth-order valence-corrected chi connectivity index (χ4v) is 8.55. The lowest BCUT2D eigenvalue weighted by molar-refractivity contribution is -0.139. The first kappa shape index (κ1) is 37.1. The van der Waals surface area contributed by atoms with Gasteiger partial charge in [-0.25, -0.2) is 13.1 Å². The van der Waals surface area contributed by atoms with Crippen LogP contribution >= 0.6 is 11.6 Å². The molecule has 0 atom stereocenters. The number of sulfonamides is 1. The van der Waals surface area contributed by atoms with Gasteiger partial charge >= 0.3 is 5.97 Å². The molecule has 6 nitrogen and oxygen atoms in total. The molecular formula is C44H45ClN2O4S. The van der Waals surface area contributed by atoms with Gasteiger partial charge in [-0.2, -0.15) is 0 Å². The van der Waals surface area contributed by atoms with E-state index in [2.05, 4.69) is 76.0 Å². The fraction of sp³-hybridized carbons (Fsp3) is 0.250. The first-order valence-electron chi connectivity index (χ1n) is 17.9. The third kappa shape index (κ3) is 9.02. The number of esters is 1. The van der Waals surface area contributed by atoms with E-state index in [-0.39, 0.29) is 30.7 Å². The van der Waals surface area contributed by atoms with Gasteiger partial charge in [-0.1, -0.05) is 128 Å². The van der Waals surface area contributed by atoms with E-state index >= 15 is 0 Å². The van der Waals surface area contributed by atoms with Gasteiger partial charge in [0.25, 0.3) is 0 Å². The molecule has 0 aliphatic heterocycles. The van der Waals surface area contributed by atoms with Crippen molar-refractivity contribution in [3.8, 4) is 0 Å². The third-order valence-corrected chi connectivity index (χ3v) is 11.3. The molecular weight excluding hydrogens is 688 g/mol. The molecule has 0 saturated heterocycles. The van der Waals surface area contributed by atoms with Gasteiger partial charge < -0.3 is 9.30 Å². The first-order chi connectivity index (χ1) is 25.3. The summed E-state index contributed by atoms with van der Waals surface area (Å²) in [7, 11) is -2.20. The van der Waals surface area contributed by atoms with E-state index in [0.29, 0.717) is 11.4 Å². The van der Waals surface area contributed by atoms with Gasteiger partial charge in [0.05, 0.1) is 25.3 Å². The maximum atomic E-state index is 13.5. The van der Waals surface area contributed by atoms with Crippen LogP contribution in [0.15, 0.2) is 127 Å². The fourth-order valence-electron chi connectivity index (χ4n) is 7.17. The molecule has 0 bridgehead atoms. The van der Waals surface area contributed by atoms with Gasteiger partial charge in [-0.3, -0.25) is 4.79 Å². The number of carbonyl (C=O) groups is 1. The zero-order valence-electron chi connectivity index (χ0n) is 29.7. The maximum Gasteiger partial charge on any atom is 0.309 e. The first-order valence-corrected chi connectivity index (χ1v) is 19.9. The van der Waals surface area contributed by atoms with E-state index in [1.54, 1.807) is 0 Å². The molecule has 268 valence electrons. The van der Waals surface area contributed by atoms with E-state index in [9.17, 15) is 13.2 Å². The highest BCUT2D eigenvalue weighted by Gasteiger charge is 2.26. The van der Waals surface area contributed by atoms with E-state index in [1.165, 1.54) is 18.2 Å². The number of ether oxygens (including phenoxy) is 1. The number of nitrogens with one attached hydrogen (secondary N) is 1. The lowest BCUT2D eigenvalue weighted by Crippen LogP contribution is -2.28. The van der Waals surface area contributed by atoms with E-state index in [4.69, 9.17) is 16.3 Å². The largest absolute Gasteiger partial charge is 0.469 e. The SMILES string of the molecule is CCc1ccccc1CS(=O)(=O)NCCc1c(CCCc2ccc(CC(=O)OC)cc2)c2cc(Cl)ccc2n1C(c1ccccc1)c1ccccc1. The molecule has 0 aliphatic rings. The van der Waals surface area contributed by atoms with Crippen molar-refractivity contribution < 1.29 is 17.9 Å². The van der Waals surface area contributed by atoms with E-state index in [0.717, 1.165) is 70.1 Å². The predicted octanol–water partition coefficient (Wildman–Crippen LogP) is 9.05. The number of methoxy groups -OCH3 is 1. The molecule has 1 heterocycles. The van der Waals surface area contributed by atoms with Crippen LogP contribution in [-0.2, 0) is 57.4 Å². The Kier molecular flexibility index (Phi) is 12.3. The normalized spacial score (nSPS) is 11.7. The van der Waals surface area contributed by atoms with Crippen molar-refractivity contribution in [2.75, 3.05) is 13.7 Å². The van der Waals surface area contributed by atoms with Gasteiger partial charge in [0, 0.05) is 34.6 Å². The standard InChI is InChI=1S/C44H45ClN2O4S/c1-3-34-14-10-11-19-37(34)31-52(49,50)46-28-27-42-39(20-12-13-32-21-23-33(24-22-32)29-43(48)51-2)40-30-38(45)25-26-41(40)47(42)44(35-15-6-4-7-16-35)36-17-8-5-9-18-36/h4-11,14-19,21-26,30,44,46H,3,12-13,20,27-29,31H2,1-2H3. The second-order valence-corrected chi connectivity index (χ2v) is 15.4. The topological polar surface area (TPSA) is 77.4 Å². The minimum absolute atomic E-state index is 0.0580. The van der Waals surface area contributed by atoms with Gasteiger partial charge in [-0.15, -0.1) is 0 Å². The molecule has 1 aromatic heterocycles. The molecule has 0 amide bonds. The second kappa shape index (κ2) is 17.2. The molecule has 0 aliphatic carbocycles. The number of aryl methyl sites for hydroxylation is 3. The van der Waals surface area contributed by atoms with Crippen LogP contribution in [-0.4, -0.2) is 32.6 Å². The molecule has 6 aromatic rings. The third-order valence-electron chi connectivity index (χ3n) is 9.69. The van der Waals surface area contributed by atoms with Crippen LogP contribution in [0.1, 0.15) is 64.0 Å². The summed E-state index contributed by atoms with van der Waals surface area (Å²) in [5.41, 5.74) is 9.56. The maximum absolute atomic E-state index is 13.5. The summed E-state index contributed by atoms with van der Waals surface area (Å²) in [5, 5.41) is 1.73. The Labute approximate surface area is 312 Å². The highest BCUT2D eigenvalue weighted by molar-refractivity contribution is 7.88. The number of benzene rings is 5. The van der Waals surface area contributed by atoms with Gasteiger partial charge in [0.2, 0.25) is 10.0 Å². The van der Waals surface area contributed by atoms with E-state index < -0.39 is 10.0 Å². The number of fused-ring (bicyclic) bond motifs is 1. The van der Waals surface area contributed by atoms with Crippen molar-refractivity contribution in [2.24, 2.45) is 0 Å². The van der Waals surface area contributed by atoms with Crippen LogP contribution in [0.4, 0.5) is 0 Å². The number of aromatic nitrogens is 1. The minimum Gasteiger partial charge on any atom is -0.469 e. The number of carbonyl (C=O) groups excluding carboxylic acids is 1. The lowest BCUT2D eigenvalue weighted by Gasteiger charge is -2.25. The molecule has 1 N–H and O–H groups in total. The zero-order valence-corrected chi connectivity index (χ0v) is 31.3. The summed E-state index contributed by atoms with van der Waals surface area (Å²) in [4.78, 5) is 11.8. The Morgan fingerprint density at radius 3 is 2.02 bits per heavy atom. The number of rotatable bonds is 16. The Morgan fingerprint density at radius 1 is 0.769 bits per heavy atom. The monoisotopic (exact) mass is 732 g/mol. The van der Waals surface area contributed by atoms with Gasteiger partial charge in [-0.05, 0) is 82.8 Å². The number of hydrogen-bond donors (Lipinski definition) is 1. The molecule has 0 saturated carbocycles. The van der Waals surface area contributed by atoms with Gasteiger partial charge in [0.1, 0.15) is 0 Å². The molecule has 8 heteroatoms. The van der Waals surface area contributed by atoms with E-state index in [1.807, 2.05) is 67.6 Å². The van der Waals surface area contributed by atoms with Crippen LogP contribution in [0.5, 0.6) is 0 Å². The number of hydrogen-bond acceptors (Lipinski definition) is 4. The Bertz CT molecular complexity index is 2180. The summed E-state index contributed by atoms with van der Waals surface area (Å²) >= 11 is 6.69. The Morgan fingerprint density at radius 2 is 1.38 bits per heavy atom. The molecule has 5 aromatic carbocycles. The summed E-state index contributed by atoms with van der Waals surface area (Å²) in [6.45, 7) is 2.30. The molecule has 0 radical (unpaired) electrons. The highest BCUT2D eigenvalue weighted by Crippen LogP contribution is 2.38. The zero-order chi connectivity index (χ0) is 36.5. The molecule has 52 heavy (non-hydrogen) atoms. The Balaban J connectivity index is 1.37. The molecule has 0 fully saturated rings. The quantitative estimate of drug-likeness (QED) is 0.101. The van der Waals surface area contributed by atoms with Crippen molar-refractivity contribution in [3.05, 3.63) is 177 Å². The van der Waals surface area contributed by atoms with Crippen molar-refractivity contribution >= 4 is 38.5 Å². The summed E-state index contributed by atoms with van der Waals surface area (Å²) in [6.07, 6.45) is 4.00. The van der Waals surface area contributed by atoms with Gasteiger partial charge in [0.15, 0.2) is 0 Å². The molecule has 6 rings (SSSR count). The lowest BCUT2D eigenvalue weighted by atomic mass is 9.97. The Hall–Kier alpha value is -4.69. The van der Waals surface area contributed by atoms with Crippen LogP contribution in [0.2, 0.25) is 5.02 Å². The summed E-state index contributed by atoms with van der Waals surface area (Å²) < 4.78 is 37.1. The van der Waals surface area contributed by atoms with Crippen LogP contribution in [0.25, 0.3) is 10.9 Å². The van der Waals surface area contributed by atoms with Crippen molar-refractivity contribution in [3.63, 3.8) is 0 Å². The summed E-state index contributed by atoms with van der Waals surface area (Å²) in [5.74, 6) is -0.315. The smallest absolute Gasteiger partial charge is 0.309 e. The highest BCUT2D eigenvalue weighted by atomic mass is 35.5. The average Bonchev–Trinajstić information content (AvgIpc) is 3.44. The summed E-state index contributed by atoms with van der Waals surface area (Å²) in [6, 6.07) is 42.7. The van der Waals surface area contributed by atoms with Crippen LogP contribution < -0.4 is 4.72 Å². The number of nitrogens with zero attached hydrogens (tertiary/aromatic N) is 1. The van der Waals surface area contributed by atoms with Crippen molar-refractivity contribution in [2.45, 2.75) is 57.2 Å². The molecule has 0 unspecified atom stereocenters. The van der Waals surface area contributed by atoms with Crippen LogP contribution in [0.3, 0.4) is 0 Å². The molecule has 0 spiro atoms. The van der Waals surface area contributed by atoms with Crippen LogP contribution in [0, 0.1) is 0 Å². The van der Waals surface area contributed by atoms with Crippen molar-refractivity contribution in [1.82, 2.24) is 9.29 Å². The van der Waals surface area contributed by atoms with Crippen molar-refractivity contribution in [1.29, 1.82) is 0 Å². The number of halogens is 1. The average molecular weight is 733 g/mol. The second-order valence-electron chi connectivity index (χ2n) is 13.1. The minimum atomic E-state index is -3.60.